The van der Waals surface area contributed by atoms with E-state index in [1.54, 1.807) is 36.4 Å². The molecule has 0 saturated heterocycles. The number of ether oxygens (including phenoxy) is 3. The van der Waals surface area contributed by atoms with E-state index in [1.807, 2.05) is 6.92 Å². The van der Waals surface area contributed by atoms with Crippen LogP contribution in [0.15, 0.2) is 42.5 Å². The SMILES string of the molecule is CCOc1ccc(NC(=O)COc2cc(C=O)ccc2OC)cc1. The fourth-order valence-corrected chi connectivity index (χ4v) is 2.02. The van der Waals surface area contributed by atoms with Gasteiger partial charge >= 0.3 is 0 Å². The second-order valence-corrected chi connectivity index (χ2v) is 4.82. The van der Waals surface area contributed by atoms with Crippen LogP contribution in [0.25, 0.3) is 0 Å². The molecule has 1 N–H and O–H groups in total. The molecule has 2 aromatic carbocycles. The Labute approximate surface area is 140 Å². The van der Waals surface area contributed by atoms with E-state index in [0.717, 1.165) is 5.75 Å². The van der Waals surface area contributed by atoms with Crippen LogP contribution in [0.4, 0.5) is 5.69 Å². The summed E-state index contributed by atoms with van der Waals surface area (Å²) in [5.41, 5.74) is 1.08. The summed E-state index contributed by atoms with van der Waals surface area (Å²) < 4.78 is 15.9. The normalized spacial score (nSPS) is 9.92. The molecule has 24 heavy (non-hydrogen) atoms. The number of carbonyl (C=O) groups is 2. The quantitative estimate of drug-likeness (QED) is 0.754. The fraction of sp³-hybridized carbons (Fsp3) is 0.222. The van der Waals surface area contributed by atoms with Crippen LogP contribution in [-0.4, -0.2) is 32.5 Å². The van der Waals surface area contributed by atoms with Gasteiger partial charge < -0.3 is 19.5 Å². The highest BCUT2D eigenvalue weighted by atomic mass is 16.5. The lowest BCUT2D eigenvalue weighted by Gasteiger charge is -2.11. The Bertz CT molecular complexity index is 697. The molecule has 6 nitrogen and oxygen atoms in total. The number of anilines is 1. The lowest BCUT2D eigenvalue weighted by Crippen LogP contribution is -2.20. The van der Waals surface area contributed by atoms with Crippen LogP contribution in [0.3, 0.4) is 0 Å². The summed E-state index contributed by atoms with van der Waals surface area (Å²) >= 11 is 0. The van der Waals surface area contributed by atoms with Gasteiger partial charge in [0.25, 0.3) is 5.91 Å². The number of hydrogen-bond donors (Lipinski definition) is 1. The van der Waals surface area contributed by atoms with E-state index in [9.17, 15) is 9.59 Å². The molecule has 0 aliphatic heterocycles. The van der Waals surface area contributed by atoms with Crippen LogP contribution in [0.2, 0.25) is 0 Å². The molecule has 0 fully saturated rings. The van der Waals surface area contributed by atoms with Crippen molar-refractivity contribution >= 4 is 17.9 Å². The molecular weight excluding hydrogens is 310 g/mol. The molecule has 0 atom stereocenters. The van der Waals surface area contributed by atoms with Crippen LogP contribution in [-0.2, 0) is 4.79 Å². The first-order valence-corrected chi connectivity index (χ1v) is 7.45. The largest absolute Gasteiger partial charge is 0.494 e. The number of nitrogens with one attached hydrogen (secondary N) is 1. The number of aldehydes is 1. The van der Waals surface area contributed by atoms with E-state index in [0.29, 0.717) is 35.6 Å². The van der Waals surface area contributed by atoms with Gasteiger partial charge in [-0.1, -0.05) is 0 Å². The molecule has 0 saturated carbocycles. The molecule has 2 aromatic rings. The van der Waals surface area contributed by atoms with Gasteiger partial charge in [0.05, 0.1) is 13.7 Å². The van der Waals surface area contributed by atoms with Crippen molar-refractivity contribution in [2.75, 3.05) is 25.6 Å². The Balaban J connectivity index is 1.94. The van der Waals surface area contributed by atoms with Gasteiger partial charge in [0.1, 0.15) is 12.0 Å². The zero-order valence-electron chi connectivity index (χ0n) is 13.6. The Morgan fingerprint density at radius 3 is 2.46 bits per heavy atom. The number of carbonyl (C=O) groups excluding carboxylic acids is 2. The molecule has 0 heterocycles. The standard InChI is InChI=1S/C18H19NO5/c1-3-23-15-7-5-14(6-8-15)19-18(21)12-24-17-10-13(11-20)4-9-16(17)22-2/h4-11H,3,12H2,1-2H3,(H,19,21). The zero-order chi connectivity index (χ0) is 17.4. The Morgan fingerprint density at radius 2 is 1.83 bits per heavy atom. The van der Waals surface area contributed by atoms with Gasteiger partial charge in [0, 0.05) is 11.3 Å². The van der Waals surface area contributed by atoms with Crippen LogP contribution >= 0.6 is 0 Å². The summed E-state index contributed by atoms with van der Waals surface area (Å²) in [5.74, 6) is 1.21. The lowest BCUT2D eigenvalue weighted by molar-refractivity contribution is -0.118. The maximum atomic E-state index is 12.0. The molecular formula is C18H19NO5. The van der Waals surface area contributed by atoms with Crippen LogP contribution in [0.5, 0.6) is 17.2 Å². The number of hydrogen-bond acceptors (Lipinski definition) is 5. The van der Waals surface area contributed by atoms with E-state index < -0.39 is 0 Å². The highest BCUT2D eigenvalue weighted by Crippen LogP contribution is 2.27. The van der Waals surface area contributed by atoms with Crippen molar-refractivity contribution in [1.82, 2.24) is 0 Å². The van der Waals surface area contributed by atoms with Crippen molar-refractivity contribution in [3.05, 3.63) is 48.0 Å². The molecule has 1 amide bonds. The highest BCUT2D eigenvalue weighted by molar-refractivity contribution is 5.92. The van der Waals surface area contributed by atoms with E-state index in [2.05, 4.69) is 5.32 Å². The number of rotatable bonds is 8. The maximum absolute atomic E-state index is 12.0. The minimum absolute atomic E-state index is 0.202. The van der Waals surface area contributed by atoms with Gasteiger partial charge in [-0.15, -0.1) is 0 Å². The Hall–Kier alpha value is -3.02. The molecule has 0 spiro atoms. The minimum Gasteiger partial charge on any atom is -0.494 e. The summed E-state index contributed by atoms with van der Waals surface area (Å²) in [5, 5.41) is 2.72. The summed E-state index contributed by atoms with van der Waals surface area (Å²) in [7, 11) is 1.49. The third-order valence-electron chi connectivity index (χ3n) is 3.13. The molecule has 0 aliphatic carbocycles. The predicted octanol–water partition coefficient (Wildman–Crippen LogP) is 2.92. The molecule has 2 rings (SSSR count). The van der Waals surface area contributed by atoms with Crippen LogP contribution in [0, 0.1) is 0 Å². The van der Waals surface area contributed by atoms with Crippen molar-refractivity contribution in [3.63, 3.8) is 0 Å². The Morgan fingerprint density at radius 1 is 1.08 bits per heavy atom. The first kappa shape index (κ1) is 17.3. The number of amides is 1. The summed E-state index contributed by atoms with van der Waals surface area (Å²) in [6.45, 7) is 2.29. The second kappa shape index (κ2) is 8.57. The summed E-state index contributed by atoms with van der Waals surface area (Å²) in [6, 6.07) is 11.8. The predicted molar refractivity (Wildman–Crippen MR) is 90.1 cm³/mol. The second-order valence-electron chi connectivity index (χ2n) is 4.82. The first-order chi connectivity index (χ1) is 11.7. The van der Waals surface area contributed by atoms with E-state index in [-0.39, 0.29) is 12.5 Å². The van der Waals surface area contributed by atoms with Gasteiger partial charge in [-0.2, -0.15) is 0 Å². The van der Waals surface area contributed by atoms with E-state index in [1.165, 1.54) is 13.2 Å². The number of methoxy groups -OCH3 is 1. The summed E-state index contributed by atoms with van der Waals surface area (Å²) in [4.78, 5) is 22.8. The van der Waals surface area contributed by atoms with Crippen molar-refractivity contribution in [2.45, 2.75) is 6.92 Å². The molecule has 0 aromatic heterocycles. The van der Waals surface area contributed by atoms with Crippen molar-refractivity contribution in [1.29, 1.82) is 0 Å². The average Bonchev–Trinajstić information content (AvgIpc) is 2.61. The average molecular weight is 329 g/mol. The van der Waals surface area contributed by atoms with Gasteiger partial charge in [-0.3, -0.25) is 9.59 Å². The third kappa shape index (κ3) is 4.74. The van der Waals surface area contributed by atoms with Gasteiger partial charge in [-0.05, 0) is 49.4 Å². The van der Waals surface area contributed by atoms with Gasteiger partial charge in [-0.25, -0.2) is 0 Å². The van der Waals surface area contributed by atoms with Crippen molar-refractivity contribution in [3.8, 4) is 17.2 Å². The molecule has 0 bridgehead atoms. The summed E-state index contributed by atoms with van der Waals surface area (Å²) in [6.07, 6.45) is 0.701. The van der Waals surface area contributed by atoms with Crippen LogP contribution < -0.4 is 19.5 Å². The zero-order valence-corrected chi connectivity index (χ0v) is 13.6. The molecule has 0 unspecified atom stereocenters. The minimum atomic E-state index is -0.322. The van der Waals surface area contributed by atoms with Crippen LogP contribution in [0.1, 0.15) is 17.3 Å². The topological polar surface area (TPSA) is 73.9 Å². The van der Waals surface area contributed by atoms with E-state index in [4.69, 9.17) is 14.2 Å². The number of benzene rings is 2. The first-order valence-electron chi connectivity index (χ1n) is 7.45. The highest BCUT2D eigenvalue weighted by Gasteiger charge is 2.09. The fourth-order valence-electron chi connectivity index (χ4n) is 2.02. The van der Waals surface area contributed by atoms with E-state index >= 15 is 0 Å². The maximum Gasteiger partial charge on any atom is 0.262 e. The smallest absolute Gasteiger partial charge is 0.262 e. The third-order valence-corrected chi connectivity index (χ3v) is 3.13. The molecule has 126 valence electrons. The van der Waals surface area contributed by atoms with Gasteiger partial charge in [0.15, 0.2) is 18.1 Å². The lowest BCUT2D eigenvalue weighted by atomic mass is 10.2. The van der Waals surface area contributed by atoms with Crippen molar-refractivity contribution in [2.24, 2.45) is 0 Å². The monoisotopic (exact) mass is 329 g/mol. The van der Waals surface area contributed by atoms with Gasteiger partial charge in [0.2, 0.25) is 0 Å². The molecule has 0 aliphatic rings. The molecule has 0 radical (unpaired) electrons. The van der Waals surface area contributed by atoms with Crippen molar-refractivity contribution < 1.29 is 23.8 Å². The Kier molecular flexibility index (Phi) is 6.19. The molecule has 6 heteroatoms.